The van der Waals surface area contributed by atoms with Crippen molar-refractivity contribution in [1.29, 1.82) is 5.41 Å². The summed E-state index contributed by atoms with van der Waals surface area (Å²) in [6, 6.07) is 47.8. The van der Waals surface area contributed by atoms with Crippen LogP contribution in [0.1, 0.15) is 16.7 Å². The number of rotatable bonds is 2. The summed E-state index contributed by atoms with van der Waals surface area (Å²) < 4.78 is 2.78. The summed E-state index contributed by atoms with van der Waals surface area (Å²) in [5.41, 5.74) is 2.97. The van der Waals surface area contributed by atoms with E-state index in [2.05, 4.69) is 127 Å². The van der Waals surface area contributed by atoms with E-state index in [1.54, 1.807) is 0 Å². The minimum Gasteiger partial charge on any atom is -0.282 e. The van der Waals surface area contributed by atoms with Crippen molar-refractivity contribution < 1.29 is 0 Å². The Morgan fingerprint density at radius 2 is 1.09 bits per heavy atom. The van der Waals surface area contributed by atoms with Gasteiger partial charge in [-0.2, -0.15) is 0 Å². The van der Waals surface area contributed by atoms with Gasteiger partial charge in [-0.1, -0.05) is 121 Å². The van der Waals surface area contributed by atoms with Crippen molar-refractivity contribution in [3.63, 3.8) is 0 Å². The lowest BCUT2D eigenvalue weighted by Crippen LogP contribution is -2.03. The Kier molecular flexibility index (Phi) is 7.27. The van der Waals surface area contributed by atoms with E-state index in [1.807, 2.05) is 47.7 Å². The van der Waals surface area contributed by atoms with Gasteiger partial charge >= 0.3 is 0 Å². The van der Waals surface area contributed by atoms with E-state index < -0.39 is 0 Å². The fourth-order valence-electron chi connectivity index (χ4n) is 5.96. The molecule has 0 saturated carbocycles. The molecule has 4 heteroatoms. The Morgan fingerprint density at radius 1 is 0.545 bits per heavy atom. The number of fused-ring (bicyclic) bond motifs is 9. The molecule has 0 aliphatic heterocycles. The monoisotopic (exact) mass is 583 g/mol. The highest BCUT2D eigenvalue weighted by Crippen LogP contribution is 2.36. The second kappa shape index (κ2) is 11.7. The second-order valence-electron chi connectivity index (χ2n) is 10.7. The Morgan fingerprint density at radius 3 is 1.75 bits per heavy atom. The summed E-state index contributed by atoms with van der Waals surface area (Å²) in [4.78, 5) is 8.59. The summed E-state index contributed by atoms with van der Waals surface area (Å²) in [6.45, 7) is 5.88. The molecule has 44 heavy (non-hydrogen) atoms. The van der Waals surface area contributed by atoms with Crippen LogP contribution in [0.3, 0.4) is 0 Å². The van der Waals surface area contributed by atoms with Gasteiger partial charge < -0.3 is 0 Å². The lowest BCUT2D eigenvalue weighted by Gasteiger charge is -2.11. The molecule has 7 aromatic carbocycles. The molecular formula is C40H29N3S. The third kappa shape index (κ3) is 4.96. The zero-order valence-corrected chi connectivity index (χ0v) is 25.1. The molecule has 0 amide bonds. The summed E-state index contributed by atoms with van der Waals surface area (Å²) in [5.74, 6) is 0.615. The van der Waals surface area contributed by atoms with Crippen molar-refractivity contribution in [2.24, 2.45) is 9.98 Å². The maximum atomic E-state index is 8.34. The summed E-state index contributed by atoms with van der Waals surface area (Å²) in [7, 11) is 0. The molecule has 1 heterocycles. The minimum absolute atomic E-state index is 0.168. The summed E-state index contributed by atoms with van der Waals surface area (Å²) >= 11 is 1.88. The van der Waals surface area contributed by atoms with Crippen LogP contribution < -0.4 is 0 Å². The number of nitrogens with one attached hydrogen (secondary N) is 1. The number of nitrogens with zero attached hydrogens (tertiary/aromatic N) is 2. The zero-order chi connectivity index (χ0) is 30.0. The van der Waals surface area contributed by atoms with Crippen LogP contribution in [0.4, 0.5) is 0 Å². The Balaban J connectivity index is 0.000000185. The van der Waals surface area contributed by atoms with Gasteiger partial charge in [0, 0.05) is 31.3 Å². The smallest absolute Gasteiger partial charge is 0.161 e. The number of hydrogen-bond donors (Lipinski definition) is 1. The topological polar surface area (TPSA) is 48.6 Å². The van der Waals surface area contributed by atoms with Gasteiger partial charge in [-0.05, 0) is 69.7 Å². The lowest BCUT2D eigenvalue weighted by atomic mass is 9.93. The summed E-state index contributed by atoms with van der Waals surface area (Å²) in [6.07, 6.45) is 0. The molecule has 0 aliphatic carbocycles. The molecule has 0 radical (unpaired) electrons. The van der Waals surface area contributed by atoms with Crippen LogP contribution in [0.2, 0.25) is 0 Å². The molecule has 0 atom stereocenters. The zero-order valence-electron chi connectivity index (χ0n) is 24.3. The second-order valence-corrected chi connectivity index (χ2v) is 11.8. The minimum atomic E-state index is 0.168. The van der Waals surface area contributed by atoms with Gasteiger partial charge in [-0.25, -0.2) is 9.98 Å². The predicted octanol–water partition coefficient (Wildman–Crippen LogP) is 11.0. The third-order valence-corrected chi connectivity index (χ3v) is 9.16. The molecule has 210 valence electrons. The van der Waals surface area contributed by atoms with E-state index in [9.17, 15) is 0 Å². The molecule has 0 bridgehead atoms. The normalized spacial score (nSPS) is 11.6. The first-order valence-corrected chi connectivity index (χ1v) is 15.3. The fraction of sp³-hybridized carbons (Fsp3) is 0.0250. The van der Waals surface area contributed by atoms with Crippen LogP contribution in [-0.4, -0.2) is 18.4 Å². The van der Waals surface area contributed by atoms with E-state index in [0.29, 0.717) is 5.84 Å². The first-order valence-electron chi connectivity index (χ1n) is 14.5. The van der Waals surface area contributed by atoms with Crippen molar-refractivity contribution in [2.45, 2.75) is 6.92 Å². The van der Waals surface area contributed by atoms with Crippen LogP contribution in [0, 0.1) is 12.3 Å². The SMILES string of the molecule is C=NC(=NC(=N)c1ccccc1)c1ccc2c3ccccc3c3ccccc3c2c1.Cc1cccc2sc3ccccc3c12. The fourth-order valence-corrected chi connectivity index (χ4v) is 7.14. The first kappa shape index (κ1) is 27.4. The predicted molar refractivity (Wildman–Crippen MR) is 192 cm³/mol. The molecule has 0 fully saturated rings. The Bertz CT molecular complexity index is 2350. The highest BCUT2D eigenvalue weighted by Gasteiger charge is 2.11. The number of thiophene rings is 1. The molecular weight excluding hydrogens is 555 g/mol. The molecule has 0 unspecified atom stereocenters. The van der Waals surface area contributed by atoms with Crippen molar-refractivity contribution in [2.75, 3.05) is 0 Å². The maximum Gasteiger partial charge on any atom is 0.161 e. The van der Waals surface area contributed by atoms with Crippen molar-refractivity contribution >= 4 is 82.2 Å². The summed E-state index contributed by atoms with van der Waals surface area (Å²) in [5, 5.41) is 18.4. The molecule has 0 spiro atoms. The molecule has 8 aromatic rings. The van der Waals surface area contributed by atoms with E-state index >= 15 is 0 Å². The molecule has 8 rings (SSSR count). The Labute approximate surface area is 260 Å². The van der Waals surface area contributed by atoms with Crippen molar-refractivity contribution in [3.05, 3.63) is 156 Å². The highest BCUT2D eigenvalue weighted by molar-refractivity contribution is 7.25. The van der Waals surface area contributed by atoms with Crippen LogP contribution in [0.15, 0.2) is 150 Å². The van der Waals surface area contributed by atoms with Gasteiger partial charge in [-0.3, -0.25) is 5.41 Å². The van der Waals surface area contributed by atoms with Gasteiger partial charge in [0.25, 0.3) is 0 Å². The molecule has 0 aliphatic rings. The van der Waals surface area contributed by atoms with E-state index in [0.717, 1.165) is 16.5 Å². The highest BCUT2D eigenvalue weighted by atomic mass is 32.1. The Hall–Kier alpha value is -5.45. The molecule has 1 N–H and O–H groups in total. The van der Waals surface area contributed by atoms with Crippen LogP contribution in [0.5, 0.6) is 0 Å². The average molecular weight is 584 g/mol. The van der Waals surface area contributed by atoms with E-state index in [-0.39, 0.29) is 5.84 Å². The number of aryl methyl sites for hydroxylation is 1. The molecule has 3 nitrogen and oxygen atoms in total. The number of benzene rings is 7. The van der Waals surface area contributed by atoms with Crippen molar-refractivity contribution in [1.82, 2.24) is 0 Å². The number of aliphatic imine (C=N–C) groups is 2. The lowest BCUT2D eigenvalue weighted by molar-refractivity contribution is 1.40. The van der Waals surface area contributed by atoms with Crippen LogP contribution in [-0.2, 0) is 0 Å². The van der Waals surface area contributed by atoms with Crippen LogP contribution in [0.25, 0.3) is 52.5 Å². The quantitative estimate of drug-likeness (QED) is 0.120. The van der Waals surface area contributed by atoms with Gasteiger partial charge in [-0.15, -0.1) is 11.3 Å². The largest absolute Gasteiger partial charge is 0.282 e. The standard InChI is InChI=1S/C27H19N3.C13H10S/c1-29-27(30-26(28)18-9-3-2-4-10-18)19-15-16-24-22-13-6-5-11-20(22)21-12-7-8-14-23(21)25(24)17-19;1-9-5-4-8-12-13(9)10-6-2-3-7-11(10)14-12/h2-17,28H,1H2;2-8H,1H3. The van der Waals surface area contributed by atoms with Crippen molar-refractivity contribution in [3.8, 4) is 0 Å². The average Bonchev–Trinajstić information content (AvgIpc) is 3.48. The number of amidine groups is 2. The van der Waals surface area contributed by atoms with E-state index in [1.165, 1.54) is 52.7 Å². The van der Waals surface area contributed by atoms with E-state index in [4.69, 9.17) is 5.41 Å². The molecule has 0 saturated heterocycles. The van der Waals surface area contributed by atoms with Gasteiger partial charge in [0.2, 0.25) is 0 Å². The van der Waals surface area contributed by atoms with Gasteiger partial charge in [0.15, 0.2) is 11.7 Å². The van der Waals surface area contributed by atoms with Gasteiger partial charge in [0.05, 0.1) is 0 Å². The first-order chi connectivity index (χ1) is 21.6. The maximum absolute atomic E-state index is 8.34. The molecule has 1 aromatic heterocycles. The van der Waals surface area contributed by atoms with Gasteiger partial charge in [0.1, 0.15) is 0 Å². The van der Waals surface area contributed by atoms with Crippen LogP contribution >= 0.6 is 11.3 Å². The third-order valence-electron chi connectivity index (χ3n) is 8.03. The number of hydrogen-bond acceptors (Lipinski definition) is 2.